The van der Waals surface area contributed by atoms with Crippen molar-refractivity contribution in [3.8, 4) is 0 Å². The van der Waals surface area contributed by atoms with Crippen LogP contribution in [0.3, 0.4) is 0 Å². The number of halogens is 3. The van der Waals surface area contributed by atoms with Crippen molar-refractivity contribution in [3.05, 3.63) is 68.6 Å². The molecule has 0 amide bonds. The van der Waals surface area contributed by atoms with Crippen LogP contribution in [-0.2, 0) is 0 Å². The lowest BCUT2D eigenvalue weighted by Gasteiger charge is -2.29. The summed E-state index contributed by atoms with van der Waals surface area (Å²) >= 11 is 18.2. The van der Waals surface area contributed by atoms with Gasteiger partial charge in [0.2, 0.25) is 0 Å². The van der Waals surface area contributed by atoms with Gasteiger partial charge in [-0.15, -0.1) is 11.6 Å². The van der Waals surface area contributed by atoms with E-state index in [1.807, 2.05) is 24.3 Å². The van der Waals surface area contributed by atoms with Crippen molar-refractivity contribution in [1.82, 2.24) is 5.06 Å². The number of rotatable bonds is 2. The summed E-state index contributed by atoms with van der Waals surface area (Å²) in [6.45, 7) is 0. The highest BCUT2D eigenvalue weighted by atomic mass is 35.5. The van der Waals surface area contributed by atoms with E-state index in [1.54, 1.807) is 18.2 Å². The first kappa shape index (κ1) is 14.7. The highest BCUT2D eigenvalue weighted by Crippen LogP contribution is 2.26. The molecule has 0 radical (unpaired) electrons. The van der Waals surface area contributed by atoms with Gasteiger partial charge in [-0.25, -0.2) is 5.06 Å². The Morgan fingerprint density at radius 2 is 1.90 bits per heavy atom. The fraction of sp³-hybridized carbons (Fsp3) is 0.133. The van der Waals surface area contributed by atoms with Crippen molar-refractivity contribution < 1.29 is 5.21 Å². The minimum absolute atomic E-state index is 0.149. The van der Waals surface area contributed by atoms with E-state index < -0.39 is 6.17 Å². The first-order valence-electron chi connectivity index (χ1n) is 6.28. The first-order chi connectivity index (χ1) is 10.1. The Hall–Kier alpha value is -1.26. The number of hydrogen-bond acceptors (Lipinski definition) is 3. The van der Waals surface area contributed by atoms with Crippen LogP contribution >= 0.6 is 34.8 Å². The normalized spacial score (nSPS) is 17.4. The van der Waals surface area contributed by atoms with Gasteiger partial charge in [0.1, 0.15) is 0 Å². The number of fused-ring (bicyclic) bond motifs is 1. The summed E-state index contributed by atoms with van der Waals surface area (Å²) in [5.41, 5.74) is 1.29. The van der Waals surface area contributed by atoms with E-state index >= 15 is 0 Å². The number of hydroxylamine groups is 2. The minimum atomic E-state index is -0.580. The number of benzene rings is 2. The third-order valence-electron chi connectivity index (χ3n) is 3.28. The predicted molar refractivity (Wildman–Crippen MR) is 84.3 cm³/mol. The fourth-order valence-corrected chi connectivity index (χ4v) is 2.91. The zero-order valence-corrected chi connectivity index (χ0v) is 13.1. The van der Waals surface area contributed by atoms with Gasteiger partial charge in [0.05, 0.1) is 16.9 Å². The van der Waals surface area contributed by atoms with Crippen LogP contribution in [0.5, 0.6) is 0 Å². The summed E-state index contributed by atoms with van der Waals surface area (Å²) < 4.78 is 0. The summed E-state index contributed by atoms with van der Waals surface area (Å²) in [5, 5.41) is 14.1. The third-order valence-corrected chi connectivity index (χ3v) is 4.12. The third kappa shape index (κ3) is 2.62. The van der Waals surface area contributed by atoms with Gasteiger partial charge in [0.25, 0.3) is 0 Å². The van der Waals surface area contributed by atoms with Crippen molar-refractivity contribution in [1.29, 1.82) is 0 Å². The molecule has 0 fully saturated rings. The standard InChI is InChI=1S/C15H11Cl3N2O/c16-8-14-19-13-7-9(17)5-6-11(13)15(20(14)21)10-3-1-2-4-12(10)18/h1-7,14,21H,8H2. The molecule has 0 bridgehead atoms. The molecule has 21 heavy (non-hydrogen) atoms. The molecule has 1 N–H and O–H groups in total. The lowest BCUT2D eigenvalue weighted by Crippen LogP contribution is -2.45. The summed E-state index contributed by atoms with van der Waals surface area (Å²) in [5.74, 6) is 0.149. The van der Waals surface area contributed by atoms with E-state index in [0.29, 0.717) is 21.1 Å². The first-order valence-corrected chi connectivity index (χ1v) is 7.57. The molecular formula is C15H11Cl3N2O. The minimum Gasteiger partial charge on any atom is -0.286 e. The van der Waals surface area contributed by atoms with Gasteiger partial charge < -0.3 is 0 Å². The molecule has 0 aromatic heterocycles. The second-order valence-electron chi connectivity index (χ2n) is 4.60. The van der Waals surface area contributed by atoms with E-state index in [0.717, 1.165) is 15.8 Å². The number of hydrogen-bond donors (Lipinski definition) is 1. The van der Waals surface area contributed by atoms with Gasteiger partial charge in [-0.2, -0.15) is 0 Å². The molecule has 0 aliphatic carbocycles. The molecule has 0 spiro atoms. The lowest BCUT2D eigenvalue weighted by atomic mass is 10.1. The fourth-order valence-electron chi connectivity index (χ4n) is 2.32. The monoisotopic (exact) mass is 340 g/mol. The molecule has 1 aliphatic rings. The molecule has 2 aromatic rings. The molecule has 108 valence electrons. The van der Waals surface area contributed by atoms with E-state index in [1.165, 1.54) is 0 Å². The SMILES string of the molecule is ON1C(c2ccccc2Cl)=c2ccc(Cl)cc2=NC1CCl. The molecule has 1 heterocycles. The molecule has 0 saturated heterocycles. The van der Waals surface area contributed by atoms with Gasteiger partial charge in [-0.05, 0) is 24.3 Å². The van der Waals surface area contributed by atoms with Crippen LogP contribution in [0, 0.1) is 0 Å². The maximum absolute atomic E-state index is 10.4. The highest BCUT2D eigenvalue weighted by molar-refractivity contribution is 6.32. The number of alkyl halides is 1. The van der Waals surface area contributed by atoms with Crippen LogP contribution in [0.4, 0.5) is 0 Å². The smallest absolute Gasteiger partial charge is 0.160 e. The molecule has 1 unspecified atom stereocenters. The van der Waals surface area contributed by atoms with Gasteiger partial charge in [0, 0.05) is 20.8 Å². The maximum atomic E-state index is 10.4. The zero-order valence-electron chi connectivity index (χ0n) is 10.8. The zero-order chi connectivity index (χ0) is 15.0. The van der Waals surface area contributed by atoms with Crippen LogP contribution in [0.1, 0.15) is 5.56 Å². The molecular weight excluding hydrogens is 331 g/mol. The van der Waals surface area contributed by atoms with Gasteiger partial charge in [0.15, 0.2) is 6.17 Å². The molecule has 1 aliphatic heterocycles. The summed E-state index contributed by atoms with van der Waals surface area (Å²) in [7, 11) is 0. The van der Waals surface area contributed by atoms with E-state index in [4.69, 9.17) is 34.8 Å². The molecule has 3 nitrogen and oxygen atoms in total. The van der Waals surface area contributed by atoms with E-state index in [-0.39, 0.29) is 5.88 Å². The van der Waals surface area contributed by atoms with Crippen molar-refractivity contribution in [2.24, 2.45) is 4.99 Å². The summed E-state index contributed by atoms with van der Waals surface area (Å²) in [6.07, 6.45) is -0.580. The van der Waals surface area contributed by atoms with Crippen LogP contribution in [0.2, 0.25) is 10.0 Å². The Morgan fingerprint density at radius 3 is 2.62 bits per heavy atom. The Labute approximate surface area is 136 Å². The molecule has 0 saturated carbocycles. The summed E-state index contributed by atoms with van der Waals surface area (Å²) in [4.78, 5) is 4.41. The highest BCUT2D eigenvalue weighted by Gasteiger charge is 2.24. The van der Waals surface area contributed by atoms with Crippen molar-refractivity contribution in [3.63, 3.8) is 0 Å². The number of nitrogens with zero attached hydrogens (tertiary/aromatic N) is 2. The second kappa shape index (κ2) is 5.85. The predicted octanol–water partition coefficient (Wildman–Crippen LogP) is 3.04. The van der Waals surface area contributed by atoms with Crippen LogP contribution in [-0.4, -0.2) is 22.3 Å². The van der Waals surface area contributed by atoms with Crippen LogP contribution < -0.4 is 10.6 Å². The second-order valence-corrected chi connectivity index (χ2v) is 5.75. The van der Waals surface area contributed by atoms with Crippen molar-refractivity contribution in [2.75, 3.05) is 5.88 Å². The molecule has 1 atom stereocenters. The summed E-state index contributed by atoms with van der Waals surface area (Å²) in [6, 6.07) is 12.6. The maximum Gasteiger partial charge on any atom is 0.160 e. The quantitative estimate of drug-likeness (QED) is 0.852. The van der Waals surface area contributed by atoms with Gasteiger partial charge in [-0.3, -0.25) is 10.2 Å². The van der Waals surface area contributed by atoms with Crippen LogP contribution in [0.25, 0.3) is 5.70 Å². The van der Waals surface area contributed by atoms with Crippen molar-refractivity contribution >= 4 is 40.5 Å². The lowest BCUT2D eigenvalue weighted by molar-refractivity contribution is -0.0601. The van der Waals surface area contributed by atoms with E-state index in [9.17, 15) is 5.21 Å². The largest absolute Gasteiger partial charge is 0.286 e. The van der Waals surface area contributed by atoms with Crippen LogP contribution in [0.15, 0.2) is 47.5 Å². The Bertz CT molecular complexity index is 807. The topological polar surface area (TPSA) is 35.8 Å². The van der Waals surface area contributed by atoms with Gasteiger partial charge >= 0.3 is 0 Å². The molecule has 2 aromatic carbocycles. The van der Waals surface area contributed by atoms with Crippen molar-refractivity contribution in [2.45, 2.75) is 6.17 Å². The van der Waals surface area contributed by atoms with E-state index in [2.05, 4.69) is 4.99 Å². The van der Waals surface area contributed by atoms with Gasteiger partial charge in [-0.1, -0.05) is 41.4 Å². The molecule has 3 rings (SSSR count). The Balaban J connectivity index is 2.38. The average molecular weight is 342 g/mol. The molecule has 6 heteroatoms. The Morgan fingerprint density at radius 1 is 1.14 bits per heavy atom. The average Bonchev–Trinajstić information content (AvgIpc) is 2.48. The Kier molecular flexibility index (Phi) is 4.09.